The molecule has 1 aliphatic rings. The standard InChI is InChI=1S/C23H23ClF2N6O3S/c1-31-11-16(27-12-31)13-6-7-14(17(9-13)36(2,33)34)28-15-10-18(24)29-22-20(15)30-23(21(25)26)32(22)19-5-3-4-8-35-19/h6-7,9-12,19,21H,3-5,8H2,1-2H3,(H,28,29). The third-order valence-electron chi connectivity index (χ3n) is 5.93. The Hall–Kier alpha value is -3.09. The molecule has 1 saturated heterocycles. The van der Waals surface area contributed by atoms with Gasteiger partial charge in [-0.25, -0.2) is 32.2 Å². The van der Waals surface area contributed by atoms with Crippen molar-refractivity contribution in [2.24, 2.45) is 7.05 Å². The highest BCUT2D eigenvalue weighted by Crippen LogP contribution is 2.37. The molecule has 0 spiro atoms. The van der Waals surface area contributed by atoms with Gasteiger partial charge in [0.05, 0.1) is 28.3 Å². The Kier molecular flexibility index (Phi) is 6.43. The molecule has 0 radical (unpaired) electrons. The summed E-state index contributed by atoms with van der Waals surface area (Å²) in [5.41, 5.74) is 1.98. The van der Waals surface area contributed by atoms with Gasteiger partial charge in [0.2, 0.25) is 0 Å². The fourth-order valence-corrected chi connectivity index (χ4v) is 5.36. The number of alkyl halides is 2. The number of rotatable bonds is 6. The van der Waals surface area contributed by atoms with Gasteiger partial charge in [0.15, 0.2) is 21.3 Å². The first-order valence-electron chi connectivity index (χ1n) is 11.2. The van der Waals surface area contributed by atoms with Gasteiger partial charge in [-0.15, -0.1) is 0 Å². The van der Waals surface area contributed by atoms with E-state index in [1.165, 1.54) is 16.7 Å². The minimum Gasteiger partial charge on any atom is -0.358 e. The molecule has 1 atom stereocenters. The highest BCUT2D eigenvalue weighted by atomic mass is 35.5. The number of benzene rings is 1. The molecule has 190 valence electrons. The molecule has 0 aliphatic carbocycles. The van der Waals surface area contributed by atoms with Gasteiger partial charge in [0.1, 0.15) is 16.9 Å². The van der Waals surface area contributed by atoms with Crippen molar-refractivity contribution >= 4 is 44.0 Å². The van der Waals surface area contributed by atoms with Gasteiger partial charge >= 0.3 is 0 Å². The van der Waals surface area contributed by atoms with Crippen molar-refractivity contribution in [1.29, 1.82) is 0 Å². The molecule has 9 nitrogen and oxygen atoms in total. The normalized spacial score (nSPS) is 16.7. The van der Waals surface area contributed by atoms with Crippen molar-refractivity contribution in [2.45, 2.75) is 36.8 Å². The molecule has 1 aromatic carbocycles. The molecule has 4 heterocycles. The molecular formula is C23H23ClF2N6O3S. The molecule has 3 aromatic heterocycles. The van der Waals surface area contributed by atoms with E-state index in [4.69, 9.17) is 16.3 Å². The largest absolute Gasteiger partial charge is 0.358 e. The summed E-state index contributed by atoms with van der Waals surface area (Å²) >= 11 is 6.28. The van der Waals surface area contributed by atoms with Crippen LogP contribution in [0.4, 0.5) is 20.2 Å². The fraction of sp³-hybridized carbons (Fsp3) is 0.348. The predicted molar refractivity (Wildman–Crippen MR) is 131 cm³/mol. The van der Waals surface area contributed by atoms with Crippen LogP contribution < -0.4 is 5.32 Å². The zero-order chi connectivity index (χ0) is 25.6. The van der Waals surface area contributed by atoms with Crippen molar-refractivity contribution in [3.63, 3.8) is 0 Å². The van der Waals surface area contributed by atoms with Crippen LogP contribution in [0, 0.1) is 0 Å². The summed E-state index contributed by atoms with van der Waals surface area (Å²) in [5, 5.41) is 3.07. The van der Waals surface area contributed by atoms with E-state index in [0.29, 0.717) is 24.3 Å². The van der Waals surface area contributed by atoms with Gasteiger partial charge in [-0.2, -0.15) is 0 Å². The van der Waals surface area contributed by atoms with Crippen LogP contribution in [-0.2, 0) is 21.6 Å². The number of hydrogen-bond acceptors (Lipinski definition) is 7. The topological polar surface area (TPSA) is 104 Å². The number of sulfone groups is 1. The van der Waals surface area contributed by atoms with Crippen LogP contribution >= 0.6 is 11.6 Å². The highest BCUT2D eigenvalue weighted by molar-refractivity contribution is 7.90. The smallest absolute Gasteiger partial charge is 0.295 e. The van der Waals surface area contributed by atoms with E-state index >= 15 is 0 Å². The van der Waals surface area contributed by atoms with Crippen LogP contribution in [0.5, 0.6) is 0 Å². The number of halogens is 3. The van der Waals surface area contributed by atoms with Crippen molar-refractivity contribution in [2.75, 3.05) is 18.2 Å². The van der Waals surface area contributed by atoms with Gasteiger partial charge in [-0.3, -0.25) is 4.57 Å². The maximum atomic E-state index is 14.0. The number of aromatic nitrogens is 5. The zero-order valence-electron chi connectivity index (χ0n) is 19.5. The number of hydrogen-bond donors (Lipinski definition) is 1. The van der Waals surface area contributed by atoms with Crippen LogP contribution in [0.15, 0.2) is 41.7 Å². The number of pyridine rings is 1. The summed E-state index contributed by atoms with van der Waals surface area (Å²) in [6, 6.07) is 6.25. The van der Waals surface area contributed by atoms with Gasteiger partial charge in [0, 0.05) is 37.7 Å². The first-order chi connectivity index (χ1) is 17.1. The van der Waals surface area contributed by atoms with Crippen molar-refractivity contribution < 1.29 is 21.9 Å². The Labute approximate surface area is 211 Å². The van der Waals surface area contributed by atoms with Crippen LogP contribution in [0.1, 0.15) is 37.7 Å². The van der Waals surface area contributed by atoms with E-state index in [1.807, 2.05) is 7.05 Å². The van der Waals surface area contributed by atoms with Crippen LogP contribution in [0.3, 0.4) is 0 Å². The molecule has 4 aromatic rings. The maximum Gasteiger partial charge on any atom is 0.295 e. The van der Waals surface area contributed by atoms with E-state index in [-0.39, 0.29) is 32.6 Å². The van der Waals surface area contributed by atoms with Gasteiger partial charge < -0.3 is 14.6 Å². The summed E-state index contributed by atoms with van der Waals surface area (Å²) < 4.78 is 62.1. The van der Waals surface area contributed by atoms with E-state index < -0.39 is 28.3 Å². The van der Waals surface area contributed by atoms with Crippen molar-refractivity contribution in [1.82, 2.24) is 24.1 Å². The van der Waals surface area contributed by atoms with Gasteiger partial charge in [0.25, 0.3) is 6.43 Å². The minimum absolute atomic E-state index is 0.0101. The molecule has 1 unspecified atom stereocenters. The number of nitrogens with zero attached hydrogens (tertiary/aromatic N) is 5. The lowest BCUT2D eigenvalue weighted by Crippen LogP contribution is -2.20. The predicted octanol–water partition coefficient (Wildman–Crippen LogP) is 5.27. The SMILES string of the molecule is Cn1cnc(-c2ccc(Nc3cc(Cl)nc4c3nc(C(F)F)n4C3CCCCO3)c(S(C)(=O)=O)c2)c1. The minimum atomic E-state index is -3.69. The molecule has 0 amide bonds. The van der Waals surface area contributed by atoms with E-state index in [9.17, 15) is 17.2 Å². The lowest BCUT2D eigenvalue weighted by molar-refractivity contribution is -0.0363. The third kappa shape index (κ3) is 4.67. The summed E-state index contributed by atoms with van der Waals surface area (Å²) in [6.07, 6.45) is 3.16. The second-order valence-electron chi connectivity index (χ2n) is 8.66. The quantitative estimate of drug-likeness (QED) is 0.335. The first-order valence-corrected chi connectivity index (χ1v) is 13.5. The Morgan fingerprint density at radius 1 is 1.19 bits per heavy atom. The maximum absolute atomic E-state index is 14.0. The third-order valence-corrected chi connectivity index (χ3v) is 7.26. The number of anilines is 2. The number of aryl methyl sites for hydroxylation is 1. The Morgan fingerprint density at radius 3 is 2.64 bits per heavy atom. The molecule has 36 heavy (non-hydrogen) atoms. The summed E-state index contributed by atoms with van der Waals surface area (Å²) in [4.78, 5) is 12.7. The first kappa shape index (κ1) is 24.6. The molecule has 1 fully saturated rings. The second kappa shape index (κ2) is 9.41. The molecule has 1 N–H and O–H groups in total. The van der Waals surface area contributed by atoms with Crippen molar-refractivity contribution in [3.8, 4) is 11.3 Å². The number of nitrogens with one attached hydrogen (secondary N) is 1. The second-order valence-corrected chi connectivity index (χ2v) is 11.0. The average Bonchev–Trinajstić information content (AvgIpc) is 3.43. The Balaban J connectivity index is 1.64. The van der Waals surface area contributed by atoms with Crippen LogP contribution in [-0.4, -0.2) is 45.4 Å². The lowest BCUT2D eigenvalue weighted by atomic mass is 10.1. The highest BCUT2D eigenvalue weighted by Gasteiger charge is 2.29. The van der Waals surface area contributed by atoms with Crippen LogP contribution in [0.25, 0.3) is 22.4 Å². The lowest BCUT2D eigenvalue weighted by Gasteiger charge is -2.25. The molecule has 0 saturated carbocycles. The van der Waals surface area contributed by atoms with E-state index in [1.54, 1.807) is 29.2 Å². The number of ether oxygens (including phenoxy) is 1. The summed E-state index contributed by atoms with van der Waals surface area (Å²) in [6.45, 7) is 0.443. The van der Waals surface area contributed by atoms with E-state index in [2.05, 4.69) is 20.3 Å². The zero-order valence-corrected chi connectivity index (χ0v) is 21.0. The Morgan fingerprint density at radius 2 is 2.00 bits per heavy atom. The molecular weight excluding hydrogens is 514 g/mol. The monoisotopic (exact) mass is 536 g/mol. The molecule has 5 rings (SSSR count). The Bertz CT molecular complexity index is 1550. The molecule has 0 bridgehead atoms. The van der Waals surface area contributed by atoms with Gasteiger partial charge in [-0.05, 0) is 31.4 Å². The van der Waals surface area contributed by atoms with Gasteiger partial charge in [-0.1, -0.05) is 17.7 Å². The summed E-state index contributed by atoms with van der Waals surface area (Å²) in [5.74, 6) is -0.483. The average molecular weight is 537 g/mol. The summed E-state index contributed by atoms with van der Waals surface area (Å²) in [7, 11) is -1.87. The number of fused-ring (bicyclic) bond motifs is 1. The van der Waals surface area contributed by atoms with Crippen LogP contribution in [0.2, 0.25) is 5.15 Å². The number of imidazole rings is 2. The molecule has 13 heteroatoms. The molecule has 1 aliphatic heterocycles. The fourth-order valence-electron chi connectivity index (χ4n) is 4.31. The van der Waals surface area contributed by atoms with E-state index in [0.717, 1.165) is 19.1 Å². The van der Waals surface area contributed by atoms with Crippen molar-refractivity contribution in [3.05, 3.63) is 47.8 Å².